The number of benzene rings is 2. The second-order valence-corrected chi connectivity index (χ2v) is 7.07. The van der Waals surface area contributed by atoms with Gasteiger partial charge in [0.2, 0.25) is 5.91 Å². The van der Waals surface area contributed by atoms with Crippen LogP contribution in [-0.2, 0) is 19.1 Å². The molecule has 0 spiro atoms. The van der Waals surface area contributed by atoms with E-state index in [1.54, 1.807) is 4.90 Å². The molecule has 2 aromatic carbocycles. The van der Waals surface area contributed by atoms with Crippen molar-refractivity contribution < 1.29 is 19.1 Å². The fourth-order valence-electron chi connectivity index (χ4n) is 2.97. The van der Waals surface area contributed by atoms with Crippen LogP contribution < -0.4 is 0 Å². The topological polar surface area (TPSA) is 55.8 Å². The molecule has 0 atom stereocenters. The third-order valence-corrected chi connectivity index (χ3v) is 4.33. The van der Waals surface area contributed by atoms with Crippen LogP contribution in [0.3, 0.4) is 0 Å². The molecule has 0 heterocycles. The van der Waals surface area contributed by atoms with Crippen molar-refractivity contribution in [1.82, 2.24) is 4.90 Å². The second-order valence-electron chi connectivity index (χ2n) is 7.07. The van der Waals surface area contributed by atoms with Crippen LogP contribution in [0.15, 0.2) is 60.7 Å². The number of hydrogen-bond acceptors (Lipinski definition) is 4. The first kappa shape index (κ1) is 21.6. The normalized spacial score (nSPS) is 10.9. The van der Waals surface area contributed by atoms with Gasteiger partial charge in [-0.2, -0.15) is 0 Å². The van der Waals surface area contributed by atoms with E-state index in [1.165, 1.54) is 7.11 Å². The third kappa shape index (κ3) is 6.82. The van der Waals surface area contributed by atoms with Gasteiger partial charge in [0.1, 0.15) is 12.7 Å². The number of amides is 1. The molecule has 0 bridgehead atoms. The molecule has 150 valence electrons. The van der Waals surface area contributed by atoms with Crippen molar-refractivity contribution in [2.45, 2.75) is 26.4 Å². The van der Waals surface area contributed by atoms with Crippen molar-refractivity contribution in [2.75, 3.05) is 26.8 Å². The average Bonchev–Trinajstić information content (AvgIpc) is 2.72. The van der Waals surface area contributed by atoms with E-state index in [0.29, 0.717) is 19.0 Å². The van der Waals surface area contributed by atoms with E-state index in [2.05, 4.69) is 0 Å². The molecule has 2 rings (SSSR count). The Bertz CT molecular complexity index is 691. The molecule has 0 aliphatic carbocycles. The first-order valence-corrected chi connectivity index (χ1v) is 9.57. The van der Waals surface area contributed by atoms with Crippen LogP contribution in [-0.4, -0.2) is 43.6 Å². The number of methoxy groups -OCH3 is 1. The Morgan fingerprint density at radius 1 is 0.929 bits per heavy atom. The Morgan fingerprint density at radius 3 is 1.93 bits per heavy atom. The fraction of sp³-hybridized carbons (Fsp3) is 0.391. The highest BCUT2D eigenvalue weighted by Gasteiger charge is 2.20. The monoisotopic (exact) mass is 383 g/mol. The first-order valence-electron chi connectivity index (χ1n) is 9.57. The highest BCUT2D eigenvalue weighted by molar-refractivity contribution is 5.78. The Balaban J connectivity index is 2.09. The van der Waals surface area contributed by atoms with Crippen molar-refractivity contribution in [1.29, 1.82) is 0 Å². The van der Waals surface area contributed by atoms with Crippen LogP contribution in [0.1, 0.15) is 37.5 Å². The summed E-state index contributed by atoms with van der Waals surface area (Å²) in [6, 6.07) is 19.7. The van der Waals surface area contributed by atoms with Gasteiger partial charge in [0, 0.05) is 13.1 Å². The van der Waals surface area contributed by atoms with Crippen molar-refractivity contribution in [3.8, 4) is 0 Å². The molecule has 0 saturated carbocycles. The Morgan fingerprint density at radius 2 is 1.46 bits per heavy atom. The van der Waals surface area contributed by atoms with Crippen molar-refractivity contribution in [3.63, 3.8) is 0 Å². The maximum Gasteiger partial charge on any atom is 0.307 e. The summed E-state index contributed by atoms with van der Waals surface area (Å²) in [4.78, 5) is 25.9. The summed E-state index contributed by atoms with van der Waals surface area (Å²) in [5, 5.41) is 0. The third-order valence-electron chi connectivity index (χ3n) is 4.33. The number of ether oxygens (including phenoxy) is 2. The molecule has 2 aromatic rings. The Labute approximate surface area is 167 Å². The predicted molar refractivity (Wildman–Crippen MR) is 109 cm³/mol. The van der Waals surface area contributed by atoms with E-state index in [1.807, 2.05) is 74.5 Å². The highest BCUT2D eigenvalue weighted by atomic mass is 16.5. The minimum atomic E-state index is -0.326. The largest absolute Gasteiger partial charge is 0.469 e. The van der Waals surface area contributed by atoms with E-state index in [9.17, 15) is 9.59 Å². The van der Waals surface area contributed by atoms with E-state index >= 15 is 0 Å². The van der Waals surface area contributed by atoms with Gasteiger partial charge in [-0.15, -0.1) is 0 Å². The molecule has 0 aromatic heterocycles. The van der Waals surface area contributed by atoms with Crippen LogP contribution in [0.2, 0.25) is 0 Å². The molecule has 0 unspecified atom stereocenters. The summed E-state index contributed by atoms with van der Waals surface area (Å²) in [6.45, 7) is 4.92. The summed E-state index contributed by atoms with van der Waals surface area (Å²) < 4.78 is 10.8. The average molecular weight is 383 g/mol. The lowest BCUT2D eigenvalue weighted by molar-refractivity contribution is -0.143. The SMILES string of the molecule is COC(=O)CCN(CC(C)C)C(=O)COC(c1ccccc1)c1ccccc1. The summed E-state index contributed by atoms with van der Waals surface area (Å²) in [5.41, 5.74) is 1.98. The van der Waals surface area contributed by atoms with Gasteiger partial charge < -0.3 is 14.4 Å². The number of hydrogen-bond donors (Lipinski definition) is 0. The molecule has 0 fully saturated rings. The molecule has 0 saturated heterocycles. The van der Waals surface area contributed by atoms with Crippen molar-refractivity contribution >= 4 is 11.9 Å². The molecule has 0 radical (unpaired) electrons. The quantitative estimate of drug-likeness (QED) is 0.585. The smallest absolute Gasteiger partial charge is 0.307 e. The zero-order chi connectivity index (χ0) is 20.4. The molecule has 1 amide bonds. The Hall–Kier alpha value is -2.66. The minimum absolute atomic E-state index is 0.0532. The van der Waals surface area contributed by atoms with Gasteiger partial charge in [0.05, 0.1) is 13.5 Å². The van der Waals surface area contributed by atoms with E-state index in [0.717, 1.165) is 11.1 Å². The molecule has 0 aliphatic rings. The lowest BCUT2D eigenvalue weighted by Gasteiger charge is -2.26. The predicted octanol–water partition coefficient (Wildman–Crippen LogP) is 3.84. The van der Waals surface area contributed by atoms with Gasteiger partial charge in [0.25, 0.3) is 0 Å². The van der Waals surface area contributed by atoms with Crippen LogP contribution in [0.5, 0.6) is 0 Å². The lowest BCUT2D eigenvalue weighted by atomic mass is 10.0. The summed E-state index contributed by atoms with van der Waals surface area (Å²) in [7, 11) is 1.35. The standard InChI is InChI=1S/C23H29NO4/c1-18(2)16-24(15-14-22(26)27-3)21(25)17-28-23(19-10-6-4-7-11-19)20-12-8-5-9-13-20/h4-13,18,23H,14-17H2,1-3H3. The van der Waals surface area contributed by atoms with Gasteiger partial charge in [-0.3, -0.25) is 9.59 Å². The van der Waals surface area contributed by atoms with Gasteiger partial charge in [-0.25, -0.2) is 0 Å². The van der Waals surface area contributed by atoms with Crippen LogP contribution >= 0.6 is 0 Å². The van der Waals surface area contributed by atoms with E-state index in [-0.39, 0.29) is 31.0 Å². The molecular formula is C23H29NO4. The molecule has 0 N–H and O–H groups in total. The van der Waals surface area contributed by atoms with E-state index < -0.39 is 0 Å². The maximum absolute atomic E-state index is 12.8. The number of esters is 1. The summed E-state index contributed by atoms with van der Waals surface area (Å²) >= 11 is 0. The van der Waals surface area contributed by atoms with Crippen LogP contribution in [0, 0.1) is 5.92 Å². The molecule has 28 heavy (non-hydrogen) atoms. The summed E-state index contributed by atoms with van der Waals surface area (Å²) in [5.74, 6) is -0.163. The van der Waals surface area contributed by atoms with Gasteiger partial charge in [0.15, 0.2) is 0 Å². The van der Waals surface area contributed by atoms with Gasteiger partial charge >= 0.3 is 5.97 Å². The number of carbonyl (C=O) groups excluding carboxylic acids is 2. The molecule has 0 aliphatic heterocycles. The number of rotatable bonds is 10. The zero-order valence-corrected chi connectivity index (χ0v) is 16.8. The highest BCUT2D eigenvalue weighted by Crippen LogP contribution is 2.25. The van der Waals surface area contributed by atoms with Crippen LogP contribution in [0.25, 0.3) is 0 Å². The zero-order valence-electron chi connectivity index (χ0n) is 16.8. The summed E-state index contributed by atoms with van der Waals surface area (Å²) in [6.07, 6.45) is -0.150. The fourth-order valence-corrected chi connectivity index (χ4v) is 2.97. The van der Waals surface area contributed by atoms with Crippen molar-refractivity contribution in [3.05, 3.63) is 71.8 Å². The van der Waals surface area contributed by atoms with Crippen molar-refractivity contribution in [2.24, 2.45) is 5.92 Å². The van der Waals surface area contributed by atoms with Gasteiger partial charge in [-0.05, 0) is 17.0 Å². The number of carbonyl (C=O) groups is 2. The molecule has 5 heteroatoms. The lowest BCUT2D eigenvalue weighted by Crippen LogP contribution is -2.38. The molecule has 5 nitrogen and oxygen atoms in total. The maximum atomic E-state index is 12.8. The number of nitrogens with zero attached hydrogens (tertiary/aromatic N) is 1. The Kier molecular flexibility index (Phi) is 8.69. The van der Waals surface area contributed by atoms with E-state index in [4.69, 9.17) is 9.47 Å². The first-order chi connectivity index (χ1) is 13.5. The second kappa shape index (κ2) is 11.2. The molecular weight excluding hydrogens is 354 g/mol. The minimum Gasteiger partial charge on any atom is -0.469 e. The van der Waals surface area contributed by atoms with Gasteiger partial charge in [-0.1, -0.05) is 74.5 Å². The van der Waals surface area contributed by atoms with Crippen LogP contribution in [0.4, 0.5) is 0 Å².